The molecule has 6 heteroatoms. The van der Waals surface area contributed by atoms with Gasteiger partial charge in [0.2, 0.25) is 0 Å². The first-order valence-electron chi connectivity index (χ1n) is 3.30. The van der Waals surface area contributed by atoms with Crippen LogP contribution in [0.2, 0.25) is 5.15 Å². The molecule has 1 rings (SSSR count). The van der Waals surface area contributed by atoms with E-state index in [4.69, 9.17) is 16.7 Å². The molecule has 1 heterocycles. The van der Waals surface area contributed by atoms with Crippen LogP contribution in [0.3, 0.4) is 0 Å². The van der Waals surface area contributed by atoms with Crippen LogP contribution < -0.4 is 0 Å². The van der Waals surface area contributed by atoms with Gasteiger partial charge in [-0.05, 0) is 22.0 Å². The van der Waals surface area contributed by atoms with Gasteiger partial charge in [0.1, 0.15) is 10.8 Å². The normalized spacial score (nSPS) is 10.9. The van der Waals surface area contributed by atoms with E-state index in [0.29, 0.717) is 4.47 Å². The van der Waals surface area contributed by atoms with Crippen molar-refractivity contribution in [2.75, 3.05) is 0 Å². The lowest BCUT2D eigenvalue weighted by Gasteiger charge is -2.06. The lowest BCUT2D eigenvalue weighted by atomic mass is 10.2. The molecule has 0 aliphatic heterocycles. The van der Waals surface area contributed by atoms with Crippen molar-refractivity contribution in [1.82, 2.24) is 4.98 Å². The largest absolute Gasteiger partial charge is 0.392 e. The molecule has 0 radical (unpaired) electrons. The summed E-state index contributed by atoms with van der Waals surface area (Å²) < 4.78 is 24.9. The number of aliphatic hydroxyl groups excluding tert-OH is 1. The first-order chi connectivity index (χ1) is 6.06. The van der Waals surface area contributed by atoms with Crippen LogP contribution in [0.1, 0.15) is 17.7 Å². The van der Waals surface area contributed by atoms with Crippen molar-refractivity contribution in [1.29, 1.82) is 0 Å². The van der Waals surface area contributed by atoms with Crippen molar-refractivity contribution in [3.8, 4) is 0 Å². The van der Waals surface area contributed by atoms with Gasteiger partial charge in [-0.3, -0.25) is 0 Å². The van der Waals surface area contributed by atoms with Crippen molar-refractivity contribution >= 4 is 27.5 Å². The van der Waals surface area contributed by atoms with Gasteiger partial charge >= 0.3 is 0 Å². The minimum atomic E-state index is -2.73. The van der Waals surface area contributed by atoms with E-state index in [1.54, 1.807) is 0 Å². The third-order valence-electron chi connectivity index (χ3n) is 1.42. The van der Waals surface area contributed by atoms with E-state index in [-0.39, 0.29) is 10.7 Å². The molecule has 0 aromatic carbocycles. The van der Waals surface area contributed by atoms with Crippen molar-refractivity contribution < 1.29 is 13.9 Å². The van der Waals surface area contributed by atoms with Gasteiger partial charge in [0, 0.05) is 5.56 Å². The SMILES string of the molecule is OCc1cc(Br)c(Cl)nc1C(F)F. The number of halogens is 4. The second kappa shape index (κ2) is 4.30. The number of hydrogen-bond donors (Lipinski definition) is 1. The summed E-state index contributed by atoms with van der Waals surface area (Å²) in [4.78, 5) is 3.45. The first kappa shape index (κ1) is 10.8. The fraction of sp³-hybridized carbons (Fsp3) is 0.286. The Morgan fingerprint density at radius 1 is 1.62 bits per heavy atom. The predicted molar refractivity (Wildman–Crippen MR) is 47.8 cm³/mol. The highest BCUT2D eigenvalue weighted by atomic mass is 79.9. The summed E-state index contributed by atoms with van der Waals surface area (Å²) in [5.74, 6) is 0. The van der Waals surface area contributed by atoms with Crippen molar-refractivity contribution in [2.45, 2.75) is 13.0 Å². The Kier molecular flexibility index (Phi) is 3.58. The quantitative estimate of drug-likeness (QED) is 0.840. The highest BCUT2D eigenvalue weighted by Crippen LogP contribution is 2.28. The third kappa shape index (κ3) is 2.36. The van der Waals surface area contributed by atoms with Gasteiger partial charge < -0.3 is 5.11 Å². The number of pyridine rings is 1. The average Bonchev–Trinajstić information content (AvgIpc) is 2.08. The van der Waals surface area contributed by atoms with E-state index in [1.165, 1.54) is 6.07 Å². The molecular weight excluding hydrogens is 267 g/mol. The molecule has 72 valence electrons. The number of rotatable bonds is 2. The molecule has 0 unspecified atom stereocenters. The number of hydrogen-bond acceptors (Lipinski definition) is 2. The standard InChI is InChI=1S/C7H5BrClF2NO/c8-4-1-3(2-13)5(7(10)11)12-6(4)9/h1,7,13H,2H2. The second-order valence-corrected chi connectivity index (χ2v) is 3.48. The van der Waals surface area contributed by atoms with Crippen LogP contribution in [0.4, 0.5) is 8.78 Å². The first-order valence-corrected chi connectivity index (χ1v) is 4.47. The molecule has 13 heavy (non-hydrogen) atoms. The Hall–Kier alpha value is -0.260. The van der Waals surface area contributed by atoms with Gasteiger partial charge in [-0.15, -0.1) is 0 Å². The smallest absolute Gasteiger partial charge is 0.280 e. The van der Waals surface area contributed by atoms with Crippen LogP contribution in [0.5, 0.6) is 0 Å². The number of aromatic nitrogens is 1. The zero-order valence-electron chi connectivity index (χ0n) is 6.27. The molecule has 2 nitrogen and oxygen atoms in total. The second-order valence-electron chi connectivity index (χ2n) is 2.26. The average molecular weight is 272 g/mol. The van der Waals surface area contributed by atoms with Gasteiger partial charge in [-0.1, -0.05) is 11.6 Å². The molecule has 0 saturated carbocycles. The van der Waals surface area contributed by atoms with Gasteiger partial charge in [0.25, 0.3) is 6.43 Å². The highest BCUT2D eigenvalue weighted by molar-refractivity contribution is 9.10. The summed E-state index contributed by atoms with van der Waals surface area (Å²) >= 11 is 8.53. The molecule has 1 aromatic rings. The summed E-state index contributed by atoms with van der Waals surface area (Å²) in [6.07, 6.45) is -2.73. The third-order valence-corrected chi connectivity index (χ3v) is 2.54. The summed E-state index contributed by atoms with van der Waals surface area (Å²) in [5.41, 5.74) is -0.401. The summed E-state index contributed by atoms with van der Waals surface area (Å²) in [6.45, 7) is -0.484. The topological polar surface area (TPSA) is 33.1 Å². The fourth-order valence-electron chi connectivity index (χ4n) is 0.833. The number of alkyl halides is 2. The summed E-state index contributed by atoms with van der Waals surface area (Å²) in [6, 6.07) is 1.33. The Morgan fingerprint density at radius 3 is 2.69 bits per heavy atom. The Labute approximate surface area is 86.7 Å². The van der Waals surface area contributed by atoms with Crippen molar-refractivity contribution in [2.24, 2.45) is 0 Å². The minimum Gasteiger partial charge on any atom is -0.392 e. The number of nitrogens with zero attached hydrogens (tertiary/aromatic N) is 1. The molecule has 0 spiro atoms. The molecule has 1 aromatic heterocycles. The summed E-state index contributed by atoms with van der Waals surface area (Å²) in [5, 5.41) is 8.71. The lowest BCUT2D eigenvalue weighted by molar-refractivity contribution is 0.141. The number of aliphatic hydroxyl groups is 1. The zero-order chi connectivity index (χ0) is 10.0. The van der Waals surface area contributed by atoms with Crippen LogP contribution in [0.15, 0.2) is 10.5 Å². The Bertz CT molecular complexity index is 322. The molecular formula is C7H5BrClF2NO. The Morgan fingerprint density at radius 2 is 2.23 bits per heavy atom. The van der Waals surface area contributed by atoms with Crippen LogP contribution in [0.25, 0.3) is 0 Å². The molecule has 0 atom stereocenters. The fourth-order valence-corrected chi connectivity index (χ4v) is 1.34. The van der Waals surface area contributed by atoms with Gasteiger partial charge in [0.15, 0.2) is 0 Å². The molecule has 0 aliphatic carbocycles. The van der Waals surface area contributed by atoms with E-state index >= 15 is 0 Å². The maximum atomic E-state index is 12.3. The maximum Gasteiger partial charge on any atom is 0.280 e. The van der Waals surface area contributed by atoms with Crippen LogP contribution in [0, 0.1) is 0 Å². The van der Waals surface area contributed by atoms with Crippen molar-refractivity contribution in [3.63, 3.8) is 0 Å². The minimum absolute atomic E-state index is 0.0347. The summed E-state index contributed by atoms with van der Waals surface area (Å²) in [7, 11) is 0. The van der Waals surface area contributed by atoms with Gasteiger partial charge in [-0.25, -0.2) is 13.8 Å². The van der Waals surface area contributed by atoms with Gasteiger partial charge in [-0.2, -0.15) is 0 Å². The zero-order valence-corrected chi connectivity index (χ0v) is 8.61. The van der Waals surface area contributed by atoms with E-state index < -0.39 is 18.7 Å². The maximum absolute atomic E-state index is 12.3. The predicted octanol–water partition coefficient (Wildman–Crippen LogP) is 2.93. The monoisotopic (exact) mass is 271 g/mol. The van der Waals surface area contributed by atoms with Crippen molar-refractivity contribution in [3.05, 3.63) is 26.9 Å². The van der Waals surface area contributed by atoms with Crippen LogP contribution in [-0.4, -0.2) is 10.1 Å². The lowest BCUT2D eigenvalue weighted by Crippen LogP contribution is -1.99. The molecule has 0 amide bonds. The molecule has 0 fully saturated rings. The van der Waals surface area contributed by atoms with E-state index in [9.17, 15) is 8.78 Å². The molecule has 0 saturated heterocycles. The van der Waals surface area contributed by atoms with Crippen LogP contribution >= 0.6 is 27.5 Å². The molecule has 0 bridgehead atoms. The molecule has 1 N–H and O–H groups in total. The van der Waals surface area contributed by atoms with Crippen LogP contribution in [-0.2, 0) is 6.61 Å². The Balaban J connectivity index is 3.25. The van der Waals surface area contributed by atoms with E-state index in [1.807, 2.05) is 0 Å². The van der Waals surface area contributed by atoms with E-state index in [2.05, 4.69) is 20.9 Å². The van der Waals surface area contributed by atoms with Gasteiger partial charge in [0.05, 0.1) is 11.1 Å². The highest BCUT2D eigenvalue weighted by Gasteiger charge is 2.16. The van der Waals surface area contributed by atoms with E-state index in [0.717, 1.165) is 0 Å². The molecule has 0 aliphatic rings.